The number of rotatable bonds is 6. The van der Waals surface area contributed by atoms with Crippen LogP contribution in [0.5, 0.6) is 11.6 Å². The van der Waals surface area contributed by atoms with Crippen molar-refractivity contribution in [1.82, 2.24) is 14.5 Å². The molecule has 42 heavy (non-hydrogen) atoms. The molecule has 2 aliphatic rings. The molecular weight excluding hydrogens is 698 g/mol. The Morgan fingerprint density at radius 2 is 1.43 bits per heavy atom. The van der Waals surface area contributed by atoms with Crippen LogP contribution in [0.4, 0.5) is 0 Å². The zero-order valence-corrected chi connectivity index (χ0v) is 25.6. The van der Waals surface area contributed by atoms with E-state index in [4.69, 9.17) is 9.72 Å². The molecule has 6 aromatic rings. The Labute approximate surface area is 261 Å². The molecule has 3 aromatic carbocycles. The van der Waals surface area contributed by atoms with Crippen molar-refractivity contribution in [2.75, 3.05) is 0 Å². The van der Waals surface area contributed by atoms with Crippen LogP contribution in [-0.2, 0) is 21.1 Å². The Bertz CT molecular complexity index is 1880. The molecule has 2 saturated carbocycles. The Kier molecular flexibility index (Phi) is 7.42. The van der Waals surface area contributed by atoms with Gasteiger partial charge in [0.05, 0.1) is 0 Å². The van der Waals surface area contributed by atoms with E-state index in [0.717, 1.165) is 28.0 Å². The van der Waals surface area contributed by atoms with Crippen molar-refractivity contribution >= 4 is 21.8 Å². The Balaban J connectivity index is 0.00000288. The Hall–Kier alpha value is -3.75. The van der Waals surface area contributed by atoms with E-state index in [9.17, 15) is 0 Å². The monoisotopic (exact) mass is 728 g/mol. The fourth-order valence-corrected chi connectivity index (χ4v) is 6.46. The third kappa shape index (κ3) is 5.18. The molecule has 0 N–H and O–H groups in total. The van der Waals surface area contributed by atoms with Gasteiger partial charge in [-0.05, 0) is 83.8 Å². The number of hydrogen-bond acceptors (Lipinski definition) is 3. The summed E-state index contributed by atoms with van der Waals surface area (Å²) >= 11 is 0. The average molecular weight is 729 g/mol. The molecule has 5 heteroatoms. The van der Waals surface area contributed by atoms with Crippen LogP contribution in [0.3, 0.4) is 0 Å². The normalized spacial score (nSPS) is 15.5. The molecule has 0 bridgehead atoms. The summed E-state index contributed by atoms with van der Waals surface area (Å²) in [6, 6.07) is 34.8. The Morgan fingerprint density at radius 3 is 2.29 bits per heavy atom. The van der Waals surface area contributed by atoms with Crippen LogP contribution in [0.1, 0.15) is 67.9 Å². The third-order valence-electron chi connectivity index (χ3n) is 8.74. The van der Waals surface area contributed by atoms with E-state index >= 15 is 0 Å². The SMILES string of the molecule is [Pt+2].[c-]1c(Oc2cc(C3CC3)ccn2)cccc1-c1[c-]c2c(cc1)c1ccccc1n2-c1cc(C2CCCCC2)ccn1. The summed E-state index contributed by atoms with van der Waals surface area (Å²) in [7, 11) is 0. The molecule has 4 nitrogen and oxygen atoms in total. The van der Waals surface area contributed by atoms with Gasteiger partial charge in [0.1, 0.15) is 5.82 Å². The van der Waals surface area contributed by atoms with Crippen molar-refractivity contribution in [1.29, 1.82) is 0 Å². The van der Waals surface area contributed by atoms with Crippen molar-refractivity contribution in [2.45, 2.75) is 56.8 Å². The first-order chi connectivity index (χ1) is 20.3. The molecule has 2 aliphatic carbocycles. The minimum absolute atomic E-state index is 0. The maximum Gasteiger partial charge on any atom is 2.00 e. The zero-order chi connectivity index (χ0) is 27.2. The number of ether oxygens (including phenoxy) is 1. The standard InChI is InChI=1S/C37H31N3O.Pt/c1-2-7-25(8-3-1)29-17-19-38-36(23-29)40-34-12-5-4-11-32(34)33-16-15-28(22-35(33)40)27-9-6-10-31(21-27)41-37-24-30(18-20-39-37)26-13-14-26;/h4-6,9-12,15-20,23-26H,1-3,7-8,13-14H2;/q-2;+2. The summed E-state index contributed by atoms with van der Waals surface area (Å²) in [6.07, 6.45) is 12.8. The number of para-hydroxylation sites is 1. The van der Waals surface area contributed by atoms with Crippen LogP contribution < -0.4 is 4.74 Å². The van der Waals surface area contributed by atoms with Gasteiger partial charge in [0.2, 0.25) is 5.88 Å². The molecule has 0 amide bonds. The number of fused-ring (bicyclic) bond motifs is 3. The quantitative estimate of drug-likeness (QED) is 0.161. The van der Waals surface area contributed by atoms with Gasteiger partial charge in [0.15, 0.2) is 0 Å². The summed E-state index contributed by atoms with van der Waals surface area (Å²) in [4.78, 5) is 9.31. The summed E-state index contributed by atoms with van der Waals surface area (Å²) in [5, 5.41) is 2.38. The van der Waals surface area contributed by atoms with Gasteiger partial charge in [-0.1, -0.05) is 42.8 Å². The molecule has 2 fully saturated rings. The first-order valence-corrected chi connectivity index (χ1v) is 14.9. The first-order valence-electron chi connectivity index (χ1n) is 14.9. The average Bonchev–Trinajstić information content (AvgIpc) is 3.84. The number of nitrogens with zero attached hydrogens (tertiary/aromatic N) is 3. The van der Waals surface area contributed by atoms with Gasteiger partial charge in [0, 0.05) is 29.7 Å². The first kappa shape index (κ1) is 27.1. The maximum absolute atomic E-state index is 6.16. The third-order valence-corrected chi connectivity index (χ3v) is 8.74. The molecule has 0 atom stereocenters. The van der Waals surface area contributed by atoms with Gasteiger partial charge >= 0.3 is 21.1 Å². The summed E-state index contributed by atoms with van der Waals surface area (Å²) in [5.41, 5.74) is 6.77. The van der Waals surface area contributed by atoms with E-state index in [1.807, 2.05) is 24.5 Å². The number of hydrogen-bond donors (Lipinski definition) is 0. The van der Waals surface area contributed by atoms with Crippen molar-refractivity contribution < 1.29 is 25.8 Å². The summed E-state index contributed by atoms with van der Waals surface area (Å²) in [6.45, 7) is 0. The van der Waals surface area contributed by atoms with Gasteiger partial charge in [-0.25, -0.2) is 21.1 Å². The van der Waals surface area contributed by atoms with Gasteiger partial charge < -0.3 is 9.30 Å². The van der Waals surface area contributed by atoms with E-state index in [1.54, 1.807) is 0 Å². The molecule has 0 aliphatic heterocycles. The van der Waals surface area contributed by atoms with Gasteiger partial charge in [-0.15, -0.1) is 18.2 Å². The summed E-state index contributed by atoms with van der Waals surface area (Å²) in [5.74, 6) is 3.50. The molecule has 8 rings (SSSR count). The van der Waals surface area contributed by atoms with Gasteiger partial charge in [0.25, 0.3) is 0 Å². The molecule has 210 valence electrons. The minimum atomic E-state index is 0. The fourth-order valence-electron chi connectivity index (χ4n) is 6.46. The van der Waals surface area contributed by atoms with Crippen molar-refractivity contribution in [3.05, 3.63) is 115 Å². The maximum atomic E-state index is 6.16. The second-order valence-corrected chi connectivity index (χ2v) is 11.5. The molecule has 0 spiro atoms. The second-order valence-electron chi connectivity index (χ2n) is 11.5. The topological polar surface area (TPSA) is 39.9 Å². The minimum Gasteiger partial charge on any atom is -0.460 e. The Morgan fingerprint density at radius 1 is 0.667 bits per heavy atom. The molecule has 0 saturated heterocycles. The smallest absolute Gasteiger partial charge is 0.460 e. The fraction of sp³-hybridized carbons (Fsp3) is 0.243. The van der Waals surface area contributed by atoms with Crippen LogP contribution in [0.15, 0.2) is 91.3 Å². The van der Waals surface area contributed by atoms with Gasteiger partial charge in [-0.2, -0.15) is 24.3 Å². The molecule has 0 radical (unpaired) electrons. The van der Waals surface area contributed by atoms with E-state index < -0.39 is 0 Å². The summed E-state index contributed by atoms with van der Waals surface area (Å²) < 4.78 is 8.43. The van der Waals surface area contributed by atoms with E-state index in [0.29, 0.717) is 23.5 Å². The number of aromatic nitrogens is 3. The van der Waals surface area contributed by atoms with Crippen LogP contribution >= 0.6 is 0 Å². The van der Waals surface area contributed by atoms with E-state index in [-0.39, 0.29) is 21.1 Å². The molecular formula is C37H31N3OPt. The van der Waals surface area contributed by atoms with Crippen LogP contribution in [0, 0.1) is 12.1 Å². The van der Waals surface area contributed by atoms with E-state index in [2.05, 4.69) is 88.4 Å². The molecule has 0 unspecified atom stereocenters. The van der Waals surface area contributed by atoms with E-state index in [1.165, 1.54) is 66.8 Å². The molecule has 3 heterocycles. The van der Waals surface area contributed by atoms with Crippen molar-refractivity contribution in [2.24, 2.45) is 0 Å². The van der Waals surface area contributed by atoms with Crippen molar-refractivity contribution in [3.63, 3.8) is 0 Å². The predicted octanol–water partition coefficient (Wildman–Crippen LogP) is 9.56. The largest absolute Gasteiger partial charge is 2.00 e. The predicted molar refractivity (Wildman–Crippen MR) is 164 cm³/mol. The molecule has 3 aromatic heterocycles. The van der Waals surface area contributed by atoms with Crippen LogP contribution in [-0.4, -0.2) is 14.5 Å². The second kappa shape index (κ2) is 11.5. The zero-order valence-electron chi connectivity index (χ0n) is 23.3. The van der Waals surface area contributed by atoms with Gasteiger partial charge in [-0.3, -0.25) is 0 Å². The van der Waals surface area contributed by atoms with Crippen LogP contribution in [0.25, 0.3) is 38.8 Å². The van der Waals surface area contributed by atoms with Crippen molar-refractivity contribution in [3.8, 4) is 28.6 Å². The number of benzene rings is 3. The van der Waals surface area contributed by atoms with Crippen LogP contribution in [0.2, 0.25) is 0 Å². The number of pyridine rings is 2.